The zero-order valence-corrected chi connectivity index (χ0v) is 8.78. The van der Waals surface area contributed by atoms with Crippen LogP contribution in [0, 0.1) is 0 Å². The molecule has 1 atom stereocenters. The first-order chi connectivity index (χ1) is 7.20. The third kappa shape index (κ3) is 2.07. The van der Waals surface area contributed by atoms with Gasteiger partial charge in [-0.2, -0.15) is 0 Å². The summed E-state index contributed by atoms with van der Waals surface area (Å²) < 4.78 is 17.1. The molecule has 0 bridgehead atoms. The molecule has 2 rings (SSSR count). The molecule has 1 aliphatic rings. The minimum Gasteiger partial charge on any atom is -0.441 e. The zero-order chi connectivity index (χ0) is 10.8. The second kappa shape index (κ2) is 4.10. The molecule has 3 nitrogen and oxygen atoms in total. The average molecular weight is 227 g/mol. The largest absolute Gasteiger partial charge is 0.441 e. The summed E-state index contributed by atoms with van der Waals surface area (Å²) in [5, 5.41) is 0. The standard InChI is InChI=1S/C10H10FNO2S/c11-5-8-6-12(10(13)14-8)7-1-3-9(15)4-2-7/h1-4,8,15H,5-6H2. The van der Waals surface area contributed by atoms with Gasteiger partial charge in [0.25, 0.3) is 0 Å². The fourth-order valence-electron chi connectivity index (χ4n) is 1.45. The molecule has 0 N–H and O–H groups in total. The molecular weight excluding hydrogens is 217 g/mol. The van der Waals surface area contributed by atoms with Crippen molar-refractivity contribution in [3.05, 3.63) is 24.3 Å². The molecule has 0 aliphatic carbocycles. The Morgan fingerprint density at radius 2 is 2.13 bits per heavy atom. The van der Waals surface area contributed by atoms with Crippen LogP contribution in [0.5, 0.6) is 0 Å². The van der Waals surface area contributed by atoms with Gasteiger partial charge in [0.1, 0.15) is 12.8 Å². The number of rotatable bonds is 2. The monoisotopic (exact) mass is 227 g/mol. The molecule has 1 aromatic rings. The summed E-state index contributed by atoms with van der Waals surface area (Å²) >= 11 is 4.14. The summed E-state index contributed by atoms with van der Waals surface area (Å²) in [6, 6.07) is 7.05. The van der Waals surface area contributed by atoms with Gasteiger partial charge in [-0.1, -0.05) is 0 Å². The van der Waals surface area contributed by atoms with E-state index in [1.165, 1.54) is 4.90 Å². The van der Waals surface area contributed by atoms with E-state index in [1.54, 1.807) is 24.3 Å². The van der Waals surface area contributed by atoms with Gasteiger partial charge in [0.2, 0.25) is 0 Å². The SMILES string of the molecule is O=C1OC(CF)CN1c1ccc(S)cc1. The molecule has 0 saturated carbocycles. The third-order valence-electron chi connectivity index (χ3n) is 2.21. The van der Waals surface area contributed by atoms with Gasteiger partial charge in [-0.15, -0.1) is 12.6 Å². The summed E-state index contributed by atoms with van der Waals surface area (Å²) in [6.45, 7) is -0.381. The molecule has 1 amide bonds. The molecular formula is C10H10FNO2S. The molecule has 1 unspecified atom stereocenters. The highest BCUT2D eigenvalue weighted by Crippen LogP contribution is 2.22. The van der Waals surface area contributed by atoms with Gasteiger partial charge < -0.3 is 4.74 Å². The van der Waals surface area contributed by atoms with Crippen molar-refractivity contribution in [3.8, 4) is 0 Å². The van der Waals surface area contributed by atoms with Crippen LogP contribution < -0.4 is 4.90 Å². The van der Waals surface area contributed by atoms with Gasteiger partial charge in [-0.25, -0.2) is 9.18 Å². The van der Waals surface area contributed by atoms with Crippen LogP contribution in [0.4, 0.5) is 14.9 Å². The van der Waals surface area contributed by atoms with Crippen molar-refractivity contribution < 1.29 is 13.9 Å². The van der Waals surface area contributed by atoms with Gasteiger partial charge in [-0.3, -0.25) is 4.90 Å². The van der Waals surface area contributed by atoms with Crippen LogP contribution in [0.1, 0.15) is 0 Å². The lowest BCUT2D eigenvalue weighted by Gasteiger charge is -2.12. The van der Waals surface area contributed by atoms with Gasteiger partial charge >= 0.3 is 6.09 Å². The second-order valence-electron chi connectivity index (χ2n) is 3.29. The van der Waals surface area contributed by atoms with E-state index in [0.29, 0.717) is 5.69 Å². The number of cyclic esters (lactones) is 1. The summed E-state index contributed by atoms with van der Waals surface area (Å²) in [6.07, 6.45) is -1.14. The zero-order valence-electron chi connectivity index (χ0n) is 7.89. The van der Waals surface area contributed by atoms with E-state index in [2.05, 4.69) is 12.6 Å². The number of carbonyl (C=O) groups excluding carboxylic acids is 1. The summed E-state index contributed by atoms with van der Waals surface area (Å²) in [5.41, 5.74) is 0.703. The lowest BCUT2D eigenvalue weighted by molar-refractivity contribution is 0.124. The number of hydrogen-bond donors (Lipinski definition) is 1. The number of nitrogens with zero attached hydrogens (tertiary/aromatic N) is 1. The average Bonchev–Trinajstić information content (AvgIpc) is 2.61. The van der Waals surface area contributed by atoms with Crippen molar-refractivity contribution in [2.24, 2.45) is 0 Å². The van der Waals surface area contributed by atoms with E-state index >= 15 is 0 Å². The Morgan fingerprint density at radius 3 is 2.67 bits per heavy atom. The number of hydrogen-bond acceptors (Lipinski definition) is 3. The summed E-state index contributed by atoms with van der Waals surface area (Å²) in [4.78, 5) is 13.6. The number of anilines is 1. The number of halogens is 1. The van der Waals surface area contributed by atoms with E-state index in [0.717, 1.165) is 4.90 Å². The lowest BCUT2D eigenvalue weighted by Crippen LogP contribution is -2.24. The molecule has 1 heterocycles. The van der Waals surface area contributed by atoms with Gasteiger partial charge in [0.05, 0.1) is 6.54 Å². The highest BCUT2D eigenvalue weighted by Gasteiger charge is 2.31. The van der Waals surface area contributed by atoms with Crippen molar-refractivity contribution >= 4 is 24.4 Å². The van der Waals surface area contributed by atoms with Crippen molar-refractivity contribution in [1.29, 1.82) is 0 Å². The number of carbonyl (C=O) groups is 1. The molecule has 0 radical (unpaired) electrons. The Labute approximate surface area is 92.2 Å². The first kappa shape index (κ1) is 10.3. The number of thiol groups is 1. The van der Waals surface area contributed by atoms with Gasteiger partial charge in [0, 0.05) is 10.6 Å². The highest BCUT2D eigenvalue weighted by molar-refractivity contribution is 7.80. The minimum absolute atomic E-state index is 0.265. The maximum Gasteiger partial charge on any atom is 0.414 e. The normalized spacial score (nSPS) is 20.5. The molecule has 1 aliphatic heterocycles. The summed E-state index contributed by atoms with van der Waals surface area (Å²) in [7, 11) is 0. The number of benzene rings is 1. The molecule has 15 heavy (non-hydrogen) atoms. The van der Waals surface area contributed by atoms with Crippen LogP contribution in [0.2, 0.25) is 0 Å². The fraction of sp³-hybridized carbons (Fsp3) is 0.300. The number of alkyl halides is 1. The molecule has 1 fully saturated rings. The van der Waals surface area contributed by atoms with Crippen LogP contribution in [-0.4, -0.2) is 25.4 Å². The Balaban J connectivity index is 2.18. The van der Waals surface area contributed by atoms with E-state index in [-0.39, 0.29) is 6.54 Å². The van der Waals surface area contributed by atoms with Crippen molar-refractivity contribution in [2.45, 2.75) is 11.0 Å². The quantitative estimate of drug-likeness (QED) is 0.785. The van der Waals surface area contributed by atoms with E-state index in [1.807, 2.05) is 0 Å². The molecule has 5 heteroatoms. The van der Waals surface area contributed by atoms with Crippen molar-refractivity contribution in [3.63, 3.8) is 0 Å². The minimum atomic E-state index is -0.646. The Bertz CT molecular complexity index is 368. The van der Waals surface area contributed by atoms with Crippen LogP contribution in [0.15, 0.2) is 29.2 Å². The van der Waals surface area contributed by atoms with Crippen LogP contribution in [0.3, 0.4) is 0 Å². The molecule has 1 aromatic carbocycles. The third-order valence-corrected chi connectivity index (χ3v) is 2.51. The predicted molar refractivity (Wildman–Crippen MR) is 57.3 cm³/mol. The second-order valence-corrected chi connectivity index (χ2v) is 3.80. The van der Waals surface area contributed by atoms with Crippen LogP contribution in [0.25, 0.3) is 0 Å². The number of ether oxygens (including phenoxy) is 1. The fourth-order valence-corrected chi connectivity index (χ4v) is 1.59. The molecule has 0 aromatic heterocycles. The molecule has 0 spiro atoms. The van der Waals surface area contributed by atoms with Crippen LogP contribution >= 0.6 is 12.6 Å². The Kier molecular flexibility index (Phi) is 2.81. The highest BCUT2D eigenvalue weighted by atomic mass is 32.1. The maximum absolute atomic E-state index is 12.3. The van der Waals surface area contributed by atoms with E-state index in [9.17, 15) is 9.18 Å². The smallest absolute Gasteiger partial charge is 0.414 e. The first-order valence-electron chi connectivity index (χ1n) is 4.54. The van der Waals surface area contributed by atoms with Crippen molar-refractivity contribution in [1.82, 2.24) is 0 Å². The summed E-state index contributed by atoms with van der Waals surface area (Å²) in [5.74, 6) is 0. The Hall–Kier alpha value is -1.23. The van der Waals surface area contributed by atoms with E-state index in [4.69, 9.17) is 4.74 Å². The maximum atomic E-state index is 12.3. The van der Waals surface area contributed by atoms with E-state index < -0.39 is 18.9 Å². The first-order valence-corrected chi connectivity index (χ1v) is 4.98. The molecule has 80 valence electrons. The van der Waals surface area contributed by atoms with Crippen LogP contribution in [-0.2, 0) is 4.74 Å². The lowest BCUT2D eigenvalue weighted by atomic mass is 10.3. The number of amides is 1. The Morgan fingerprint density at radius 1 is 1.47 bits per heavy atom. The molecule has 1 saturated heterocycles. The van der Waals surface area contributed by atoms with Gasteiger partial charge in [0.15, 0.2) is 0 Å². The predicted octanol–water partition coefficient (Wildman–Crippen LogP) is 2.27. The van der Waals surface area contributed by atoms with Crippen molar-refractivity contribution in [2.75, 3.05) is 18.1 Å². The topological polar surface area (TPSA) is 29.5 Å². The van der Waals surface area contributed by atoms with Gasteiger partial charge in [-0.05, 0) is 24.3 Å².